The molecule has 1 aliphatic carbocycles. The normalized spacial score (nSPS) is 22.4. The Morgan fingerprint density at radius 1 is 1.15 bits per heavy atom. The van der Waals surface area contributed by atoms with E-state index in [1.807, 2.05) is 7.11 Å². The molecule has 2 nitrogen and oxygen atoms in total. The molecule has 1 heterocycles. The quantitative estimate of drug-likeness (QED) is 0.876. The monoisotopic (exact) mass is 337 g/mol. The number of piperidine rings is 1. The van der Waals surface area contributed by atoms with Gasteiger partial charge >= 0.3 is 0 Å². The number of benzene rings is 1. The molecule has 2 aliphatic rings. The van der Waals surface area contributed by atoms with Crippen molar-refractivity contribution >= 4 is 15.9 Å². The molecule has 1 atom stereocenters. The SMILES string of the molecule is COc1c(Br)c2c(c(C)c1C1CCCNC1)CCCC2. The second-order valence-electron chi connectivity index (χ2n) is 6.09. The lowest BCUT2D eigenvalue weighted by Crippen LogP contribution is -2.29. The van der Waals surface area contributed by atoms with Crippen molar-refractivity contribution in [1.29, 1.82) is 0 Å². The van der Waals surface area contributed by atoms with E-state index in [0.717, 1.165) is 18.8 Å². The minimum atomic E-state index is 0.599. The molecule has 1 aromatic rings. The maximum absolute atomic E-state index is 5.80. The highest BCUT2D eigenvalue weighted by Gasteiger charge is 2.28. The van der Waals surface area contributed by atoms with E-state index in [1.54, 1.807) is 5.56 Å². The lowest BCUT2D eigenvalue weighted by Gasteiger charge is -2.31. The van der Waals surface area contributed by atoms with Crippen LogP contribution in [0.3, 0.4) is 0 Å². The zero-order chi connectivity index (χ0) is 14.1. The Morgan fingerprint density at radius 3 is 2.55 bits per heavy atom. The standard InChI is InChI=1S/C17H24BrNO/c1-11-13-7-3-4-8-14(13)16(18)17(20-2)15(11)12-6-5-9-19-10-12/h12,19H,3-10H2,1-2H3. The van der Waals surface area contributed by atoms with Crippen molar-refractivity contribution < 1.29 is 4.74 Å². The number of fused-ring (bicyclic) bond motifs is 1. The van der Waals surface area contributed by atoms with Gasteiger partial charge in [0.2, 0.25) is 0 Å². The van der Waals surface area contributed by atoms with Gasteiger partial charge in [-0.1, -0.05) is 0 Å². The summed E-state index contributed by atoms with van der Waals surface area (Å²) >= 11 is 3.83. The van der Waals surface area contributed by atoms with Crippen LogP contribution in [0.5, 0.6) is 5.75 Å². The topological polar surface area (TPSA) is 21.3 Å². The van der Waals surface area contributed by atoms with E-state index in [2.05, 4.69) is 28.2 Å². The second kappa shape index (κ2) is 6.07. The molecule has 1 aliphatic heterocycles. The van der Waals surface area contributed by atoms with Gasteiger partial charge in [0.1, 0.15) is 5.75 Å². The van der Waals surface area contributed by atoms with Crippen molar-refractivity contribution in [3.05, 3.63) is 26.7 Å². The molecule has 3 heteroatoms. The van der Waals surface area contributed by atoms with E-state index in [1.165, 1.54) is 59.7 Å². The van der Waals surface area contributed by atoms with Crippen LogP contribution in [0.25, 0.3) is 0 Å². The van der Waals surface area contributed by atoms with Crippen molar-refractivity contribution in [2.24, 2.45) is 0 Å². The average molecular weight is 338 g/mol. The second-order valence-corrected chi connectivity index (χ2v) is 6.89. The van der Waals surface area contributed by atoms with Gasteiger partial charge in [-0.3, -0.25) is 0 Å². The molecule has 20 heavy (non-hydrogen) atoms. The van der Waals surface area contributed by atoms with Crippen LogP contribution in [-0.2, 0) is 12.8 Å². The summed E-state index contributed by atoms with van der Waals surface area (Å²) in [7, 11) is 1.81. The third-order valence-electron chi connectivity index (χ3n) is 4.94. The fraction of sp³-hybridized carbons (Fsp3) is 0.647. The van der Waals surface area contributed by atoms with Crippen LogP contribution >= 0.6 is 15.9 Å². The van der Waals surface area contributed by atoms with Crippen molar-refractivity contribution in [2.45, 2.75) is 51.4 Å². The molecule has 0 aromatic heterocycles. The first-order valence-electron chi connectivity index (χ1n) is 7.82. The Hall–Kier alpha value is -0.540. The molecule has 3 rings (SSSR count). The van der Waals surface area contributed by atoms with Gasteiger partial charge in [-0.2, -0.15) is 0 Å². The van der Waals surface area contributed by atoms with E-state index in [9.17, 15) is 0 Å². The molecular formula is C17H24BrNO. The van der Waals surface area contributed by atoms with Gasteiger partial charge in [0.15, 0.2) is 0 Å². The van der Waals surface area contributed by atoms with Gasteiger partial charge in [-0.15, -0.1) is 0 Å². The Morgan fingerprint density at radius 2 is 1.90 bits per heavy atom. The predicted molar refractivity (Wildman–Crippen MR) is 86.9 cm³/mol. The molecule has 0 amide bonds. The van der Waals surface area contributed by atoms with Gasteiger partial charge in [0, 0.05) is 18.0 Å². The zero-order valence-electron chi connectivity index (χ0n) is 12.5. The lowest BCUT2D eigenvalue weighted by atomic mass is 9.80. The molecule has 110 valence electrons. The van der Waals surface area contributed by atoms with E-state index >= 15 is 0 Å². The van der Waals surface area contributed by atoms with Crippen molar-refractivity contribution in [2.75, 3.05) is 20.2 Å². The van der Waals surface area contributed by atoms with Crippen LogP contribution < -0.4 is 10.1 Å². The minimum absolute atomic E-state index is 0.599. The Kier molecular flexibility index (Phi) is 4.37. The summed E-state index contributed by atoms with van der Waals surface area (Å²) in [6.45, 7) is 4.55. The van der Waals surface area contributed by atoms with E-state index < -0.39 is 0 Å². The van der Waals surface area contributed by atoms with Crippen LogP contribution in [0.15, 0.2) is 4.47 Å². The molecule has 1 saturated heterocycles. The Bertz CT molecular complexity index is 506. The highest BCUT2D eigenvalue weighted by atomic mass is 79.9. The zero-order valence-corrected chi connectivity index (χ0v) is 14.1. The highest BCUT2D eigenvalue weighted by molar-refractivity contribution is 9.10. The number of methoxy groups -OCH3 is 1. The first-order chi connectivity index (χ1) is 9.74. The third-order valence-corrected chi connectivity index (χ3v) is 5.78. The molecule has 1 fully saturated rings. The summed E-state index contributed by atoms with van der Waals surface area (Å²) in [5.41, 5.74) is 6.03. The van der Waals surface area contributed by atoms with Crippen LogP contribution in [0, 0.1) is 6.92 Å². The molecule has 0 radical (unpaired) electrons. The maximum Gasteiger partial charge on any atom is 0.137 e. The van der Waals surface area contributed by atoms with E-state index in [0.29, 0.717) is 5.92 Å². The number of hydrogen-bond acceptors (Lipinski definition) is 2. The van der Waals surface area contributed by atoms with Crippen molar-refractivity contribution in [3.8, 4) is 5.75 Å². The first kappa shape index (κ1) is 14.4. The maximum atomic E-state index is 5.80. The summed E-state index contributed by atoms with van der Waals surface area (Å²) in [6, 6.07) is 0. The third kappa shape index (κ3) is 2.39. The molecule has 0 saturated carbocycles. The van der Waals surface area contributed by atoms with Crippen LogP contribution in [0.1, 0.15) is 53.9 Å². The largest absolute Gasteiger partial charge is 0.495 e. The highest BCUT2D eigenvalue weighted by Crippen LogP contribution is 2.45. The summed E-state index contributed by atoms with van der Waals surface area (Å²) in [5.74, 6) is 1.69. The fourth-order valence-electron chi connectivity index (χ4n) is 3.94. The Labute approximate surface area is 130 Å². The van der Waals surface area contributed by atoms with Gasteiger partial charge < -0.3 is 10.1 Å². The smallest absolute Gasteiger partial charge is 0.137 e. The minimum Gasteiger partial charge on any atom is -0.495 e. The van der Waals surface area contributed by atoms with Gasteiger partial charge in [0.25, 0.3) is 0 Å². The summed E-state index contributed by atoms with van der Waals surface area (Å²) in [4.78, 5) is 0. The van der Waals surface area contributed by atoms with Crippen LogP contribution in [0.4, 0.5) is 0 Å². The summed E-state index contributed by atoms with van der Waals surface area (Å²) in [5, 5.41) is 3.54. The van der Waals surface area contributed by atoms with Gasteiger partial charge in [-0.25, -0.2) is 0 Å². The number of hydrogen-bond donors (Lipinski definition) is 1. The first-order valence-corrected chi connectivity index (χ1v) is 8.61. The van der Waals surface area contributed by atoms with Crippen LogP contribution in [0.2, 0.25) is 0 Å². The number of nitrogens with one attached hydrogen (secondary N) is 1. The van der Waals surface area contributed by atoms with E-state index in [-0.39, 0.29) is 0 Å². The molecule has 1 N–H and O–H groups in total. The van der Waals surface area contributed by atoms with Crippen molar-refractivity contribution in [1.82, 2.24) is 5.32 Å². The fourth-order valence-corrected chi connectivity index (χ4v) is 4.75. The molecular weight excluding hydrogens is 314 g/mol. The number of rotatable bonds is 2. The van der Waals surface area contributed by atoms with Gasteiger partial charge in [-0.05, 0) is 84.6 Å². The lowest BCUT2D eigenvalue weighted by molar-refractivity contribution is 0.387. The van der Waals surface area contributed by atoms with Gasteiger partial charge in [0.05, 0.1) is 11.6 Å². The van der Waals surface area contributed by atoms with Crippen molar-refractivity contribution in [3.63, 3.8) is 0 Å². The molecule has 1 unspecified atom stereocenters. The molecule has 0 bridgehead atoms. The predicted octanol–water partition coefficient (Wildman–Crippen LogP) is 4.11. The number of ether oxygens (including phenoxy) is 1. The van der Waals surface area contributed by atoms with Crippen LogP contribution in [-0.4, -0.2) is 20.2 Å². The molecule has 1 aromatic carbocycles. The van der Waals surface area contributed by atoms with E-state index in [4.69, 9.17) is 4.74 Å². The Balaban J connectivity index is 2.14. The molecule has 0 spiro atoms. The summed E-state index contributed by atoms with van der Waals surface area (Å²) < 4.78 is 7.02. The average Bonchev–Trinajstić information content (AvgIpc) is 2.51. The number of halogens is 1. The summed E-state index contributed by atoms with van der Waals surface area (Å²) in [6.07, 6.45) is 7.60.